The van der Waals surface area contributed by atoms with Gasteiger partial charge in [-0.05, 0) is 37.0 Å². The summed E-state index contributed by atoms with van der Waals surface area (Å²) in [7, 11) is 1.69. The molecular formula is C21H26N2O2. The van der Waals surface area contributed by atoms with E-state index in [2.05, 4.69) is 29.3 Å². The van der Waals surface area contributed by atoms with E-state index in [4.69, 9.17) is 4.74 Å². The van der Waals surface area contributed by atoms with Crippen LogP contribution in [0.15, 0.2) is 48.5 Å². The Morgan fingerprint density at radius 2 is 2.04 bits per heavy atom. The van der Waals surface area contributed by atoms with Gasteiger partial charge in [0.1, 0.15) is 5.75 Å². The topological polar surface area (TPSA) is 41.6 Å². The Balaban J connectivity index is 1.46. The second-order valence-corrected chi connectivity index (χ2v) is 6.77. The van der Waals surface area contributed by atoms with Crippen LogP contribution in [0.1, 0.15) is 17.5 Å². The minimum atomic E-state index is 0.101. The van der Waals surface area contributed by atoms with Gasteiger partial charge in [0, 0.05) is 31.4 Å². The number of nitrogens with one attached hydrogen (secondary N) is 1. The fourth-order valence-corrected chi connectivity index (χ4v) is 3.25. The Kier molecular flexibility index (Phi) is 5.59. The van der Waals surface area contributed by atoms with Crippen LogP contribution in [0.2, 0.25) is 0 Å². The first-order valence-corrected chi connectivity index (χ1v) is 8.85. The van der Waals surface area contributed by atoms with Crippen LogP contribution in [0, 0.1) is 12.8 Å². The van der Waals surface area contributed by atoms with Crippen molar-refractivity contribution in [2.24, 2.45) is 5.92 Å². The molecule has 1 N–H and O–H groups in total. The molecule has 1 amide bonds. The Hall–Kier alpha value is -2.49. The number of rotatable bonds is 6. The van der Waals surface area contributed by atoms with Crippen LogP contribution in [0.4, 0.5) is 5.69 Å². The van der Waals surface area contributed by atoms with Crippen molar-refractivity contribution in [1.29, 1.82) is 0 Å². The highest BCUT2D eigenvalue weighted by Crippen LogP contribution is 2.26. The van der Waals surface area contributed by atoms with E-state index < -0.39 is 0 Å². The maximum atomic E-state index is 12.1. The highest BCUT2D eigenvalue weighted by Gasteiger charge is 2.23. The Bertz CT molecular complexity index is 712. The van der Waals surface area contributed by atoms with Gasteiger partial charge >= 0.3 is 0 Å². The number of carbonyl (C=O) groups is 1. The van der Waals surface area contributed by atoms with Crippen molar-refractivity contribution in [3.63, 3.8) is 0 Å². The van der Waals surface area contributed by atoms with Gasteiger partial charge in [-0.15, -0.1) is 0 Å². The Morgan fingerprint density at radius 1 is 1.24 bits per heavy atom. The first-order valence-electron chi connectivity index (χ1n) is 8.85. The highest BCUT2D eigenvalue weighted by atomic mass is 16.5. The second kappa shape index (κ2) is 8.06. The zero-order valence-corrected chi connectivity index (χ0v) is 15.0. The Labute approximate surface area is 149 Å². The maximum absolute atomic E-state index is 12.1. The number of aryl methyl sites for hydroxylation is 1. The molecule has 1 aliphatic heterocycles. The molecule has 1 atom stereocenters. The Morgan fingerprint density at radius 3 is 2.80 bits per heavy atom. The molecule has 0 bridgehead atoms. The summed E-state index contributed by atoms with van der Waals surface area (Å²) in [5, 5.41) is 3.09. The largest absolute Gasteiger partial charge is 0.497 e. The molecule has 0 radical (unpaired) electrons. The lowest BCUT2D eigenvalue weighted by Gasteiger charge is -2.19. The molecule has 1 fully saturated rings. The van der Waals surface area contributed by atoms with Gasteiger partial charge in [-0.3, -0.25) is 4.79 Å². The number of carbonyl (C=O) groups excluding carboxylic acids is 1. The quantitative estimate of drug-likeness (QED) is 0.879. The van der Waals surface area contributed by atoms with Crippen molar-refractivity contribution < 1.29 is 9.53 Å². The van der Waals surface area contributed by atoms with E-state index in [0.717, 1.165) is 37.4 Å². The molecule has 4 nitrogen and oxygen atoms in total. The second-order valence-electron chi connectivity index (χ2n) is 6.77. The van der Waals surface area contributed by atoms with Crippen LogP contribution in [0.3, 0.4) is 0 Å². The summed E-state index contributed by atoms with van der Waals surface area (Å²) < 4.78 is 5.30. The number of methoxy groups -OCH3 is 1. The van der Waals surface area contributed by atoms with Crippen LogP contribution in [-0.2, 0) is 11.2 Å². The average molecular weight is 338 g/mol. The zero-order chi connectivity index (χ0) is 17.6. The van der Waals surface area contributed by atoms with E-state index in [1.807, 2.05) is 36.4 Å². The SMILES string of the molecule is COc1cccc(N2CC[C@@H](CNC(=O)Cc3ccc(C)cc3)C2)c1. The van der Waals surface area contributed by atoms with E-state index in [-0.39, 0.29) is 5.91 Å². The van der Waals surface area contributed by atoms with Crippen molar-refractivity contribution >= 4 is 11.6 Å². The van der Waals surface area contributed by atoms with Gasteiger partial charge in [-0.1, -0.05) is 35.9 Å². The van der Waals surface area contributed by atoms with Gasteiger partial charge in [-0.25, -0.2) is 0 Å². The van der Waals surface area contributed by atoms with Crippen LogP contribution < -0.4 is 15.0 Å². The van der Waals surface area contributed by atoms with Crippen molar-refractivity contribution in [3.05, 3.63) is 59.7 Å². The van der Waals surface area contributed by atoms with E-state index in [1.165, 1.54) is 11.3 Å². The smallest absolute Gasteiger partial charge is 0.224 e. The molecule has 1 saturated heterocycles. The molecule has 25 heavy (non-hydrogen) atoms. The first kappa shape index (κ1) is 17.3. The average Bonchev–Trinajstić information content (AvgIpc) is 3.11. The third kappa shape index (κ3) is 4.75. The predicted molar refractivity (Wildman–Crippen MR) is 101 cm³/mol. The van der Waals surface area contributed by atoms with Crippen molar-refractivity contribution in [3.8, 4) is 5.75 Å². The lowest BCUT2D eigenvalue weighted by atomic mass is 10.1. The summed E-state index contributed by atoms with van der Waals surface area (Å²) in [6.07, 6.45) is 1.55. The number of ether oxygens (including phenoxy) is 1. The highest BCUT2D eigenvalue weighted by molar-refractivity contribution is 5.78. The summed E-state index contributed by atoms with van der Waals surface area (Å²) in [6.45, 7) is 4.78. The molecule has 0 saturated carbocycles. The van der Waals surface area contributed by atoms with Gasteiger partial charge < -0.3 is 15.0 Å². The monoisotopic (exact) mass is 338 g/mol. The minimum Gasteiger partial charge on any atom is -0.497 e. The molecule has 0 aliphatic carbocycles. The first-order chi connectivity index (χ1) is 12.1. The third-order valence-corrected chi connectivity index (χ3v) is 4.78. The fourth-order valence-electron chi connectivity index (χ4n) is 3.25. The fraction of sp³-hybridized carbons (Fsp3) is 0.381. The normalized spacial score (nSPS) is 16.7. The third-order valence-electron chi connectivity index (χ3n) is 4.78. The van der Waals surface area contributed by atoms with Crippen LogP contribution in [0.5, 0.6) is 5.75 Å². The van der Waals surface area contributed by atoms with Gasteiger partial charge in [0.05, 0.1) is 13.5 Å². The number of amides is 1. The number of nitrogens with zero attached hydrogens (tertiary/aromatic N) is 1. The van der Waals surface area contributed by atoms with Gasteiger partial charge in [0.15, 0.2) is 0 Å². The van der Waals surface area contributed by atoms with E-state index >= 15 is 0 Å². The van der Waals surface area contributed by atoms with Gasteiger partial charge in [0.25, 0.3) is 0 Å². The molecule has 0 spiro atoms. The molecule has 0 unspecified atom stereocenters. The number of anilines is 1. The van der Waals surface area contributed by atoms with E-state index in [0.29, 0.717) is 12.3 Å². The van der Waals surface area contributed by atoms with E-state index in [9.17, 15) is 4.79 Å². The van der Waals surface area contributed by atoms with Crippen LogP contribution in [-0.4, -0.2) is 32.7 Å². The molecule has 1 aliphatic rings. The van der Waals surface area contributed by atoms with Gasteiger partial charge in [-0.2, -0.15) is 0 Å². The zero-order valence-electron chi connectivity index (χ0n) is 15.0. The summed E-state index contributed by atoms with van der Waals surface area (Å²) >= 11 is 0. The van der Waals surface area contributed by atoms with Crippen LogP contribution >= 0.6 is 0 Å². The lowest BCUT2D eigenvalue weighted by molar-refractivity contribution is -0.120. The molecule has 3 rings (SSSR count). The number of hydrogen-bond acceptors (Lipinski definition) is 3. The summed E-state index contributed by atoms with van der Waals surface area (Å²) in [4.78, 5) is 14.5. The van der Waals surface area contributed by atoms with E-state index in [1.54, 1.807) is 7.11 Å². The summed E-state index contributed by atoms with van der Waals surface area (Å²) in [5.41, 5.74) is 3.47. The lowest BCUT2D eigenvalue weighted by Crippen LogP contribution is -2.32. The van der Waals surface area contributed by atoms with Gasteiger partial charge in [0.2, 0.25) is 5.91 Å². The van der Waals surface area contributed by atoms with Crippen LogP contribution in [0.25, 0.3) is 0 Å². The maximum Gasteiger partial charge on any atom is 0.224 e. The molecule has 132 valence electrons. The molecule has 2 aromatic rings. The standard InChI is InChI=1S/C21H26N2O2/c1-16-6-8-17(9-7-16)12-21(24)22-14-18-10-11-23(15-18)19-4-3-5-20(13-19)25-2/h3-9,13,18H,10-12,14-15H2,1-2H3,(H,22,24)/t18-/m0/s1. The number of hydrogen-bond donors (Lipinski definition) is 1. The van der Waals surface area contributed by atoms with Crippen molar-refractivity contribution in [2.75, 3.05) is 31.6 Å². The molecule has 4 heteroatoms. The van der Waals surface area contributed by atoms with Crippen molar-refractivity contribution in [1.82, 2.24) is 5.32 Å². The molecular weight excluding hydrogens is 312 g/mol. The molecule has 2 aromatic carbocycles. The van der Waals surface area contributed by atoms with Crippen molar-refractivity contribution in [2.45, 2.75) is 19.8 Å². The predicted octanol–water partition coefficient (Wildman–Crippen LogP) is 3.19. The minimum absolute atomic E-state index is 0.101. The summed E-state index contributed by atoms with van der Waals surface area (Å²) in [5.74, 6) is 1.48. The summed E-state index contributed by atoms with van der Waals surface area (Å²) in [6, 6.07) is 16.3. The number of benzene rings is 2. The molecule has 1 heterocycles. The molecule has 0 aromatic heterocycles.